The number of ketones is 2. The highest BCUT2D eigenvalue weighted by molar-refractivity contribution is 6.40. The number of carbonyl (C=O) groups excluding carboxylic acids is 3. The van der Waals surface area contributed by atoms with Crippen molar-refractivity contribution in [2.24, 2.45) is 11.3 Å². The first-order chi connectivity index (χ1) is 7.93. The Morgan fingerprint density at radius 3 is 2.76 bits per heavy atom. The summed E-state index contributed by atoms with van der Waals surface area (Å²) in [6, 6.07) is 0. The normalized spacial score (nSPS) is 46.8. The topological polar surface area (TPSA) is 69.7 Å². The van der Waals surface area contributed by atoms with E-state index in [2.05, 4.69) is 0 Å². The molecule has 5 heteroatoms. The zero-order valence-electron chi connectivity index (χ0n) is 9.82. The summed E-state index contributed by atoms with van der Waals surface area (Å²) in [4.78, 5) is 35.4. The molecule has 0 spiro atoms. The average Bonchev–Trinajstić information content (AvgIpc) is 2.89. The lowest BCUT2D eigenvalue weighted by Gasteiger charge is -2.36. The SMILES string of the molecule is CC(=O)C(=O)[C@]12CC[C@H](O1)[C@@H]1COC(=O)[C@]12C. The van der Waals surface area contributed by atoms with Gasteiger partial charge in [-0.05, 0) is 19.8 Å². The van der Waals surface area contributed by atoms with E-state index in [-0.39, 0.29) is 12.0 Å². The van der Waals surface area contributed by atoms with E-state index in [4.69, 9.17) is 9.47 Å². The molecule has 2 bridgehead atoms. The molecule has 0 radical (unpaired) electrons. The van der Waals surface area contributed by atoms with Crippen LogP contribution in [-0.2, 0) is 23.9 Å². The maximum atomic E-state index is 12.1. The van der Waals surface area contributed by atoms with Crippen LogP contribution in [-0.4, -0.2) is 35.8 Å². The van der Waals surface area contributed by atoms with Gasteiger partial charge >= 0.3 is 5.97 Å². The van der Waals surface area contributed by atoms with Crippen molar-refractivity contribution in [1.29, 1.82) is 0 Å². The minimum absolute atomic E-state index is 0.0907. The first-order valence-electron chi connectivity index (χ1n) is 5.84. The van der Waals surface area contributed by atoms with Gasteiger partial charge in [0.25, 0.3) is 0 Å². The molecule has 92 valence electrons. The number of hydrogen-bond donors (Lipinski definition) is 0. The number of fused-ring (bicyclic) bond motifs is 5. The maximum Gasteiger partial charge on any atom is 0.315 e. The van der Waals surface area contributed by atoms with Crippen LogP contribution >= 0.6 is 0 Å². The third kappa shape index (κ3) is 0.972. The molecule has 0 aromatic rings. The van der Waals surface area contributed by atoms with Crippen LogP contribution in [0.25, 0.3) is 0 Å². The van der Waals surface area contributed by atoms with Crippen LogP contribution in [0.1, 0.15) is 26.7 Å². The zero-order chi connectivity index (χ0) is 12.4. The fourth-order valence-corrected chi connectivity index (χ4v) is 3.65. The summed E-state index contributed by atoms with van der Waals surface area (Å²) in [5.41, 5.74) is -2.24. The van der Waals surface area contributed by atoms with Crippen LogP contribution in [0.15, 0.2) is 0 Å². The molecule has 3 fully saturated rings. The molecule has 0 aromatic heterocycles. The monoisotopic (exact) mass is 238 g/mol. The number of cyclic esters (lactones) is 1. The van der Waals surface area contributed by atoms with Gasteiger partial charge in [0.1, 0.15) is 5.41 Å². The number of esters is 1. The van der Waals surface area contributed by atoms with E-state index in [0.717, 1.165) is 6.42 Å². The van der Waals surface area contributed by atoms with Crippen molar-refractivity contribution in [2.75, 3.05) is 6.61 Å². The molecule has 3 aliphatic rings. The zero-order valence-corrected chi connectivity index (χ0v) is 9.82. The second-order valence-electron chi connectivity index (χ2n) is 5.31. The quantitative estimate of drug-likeness (QED) is 0.509. The Labute approximate surface area is 98.4 Å². The Morgan fingerprint density at radius 1 is 1.41 bits per heavy atom. The van der Waals surface area contributed by atoms with Gasteiger partial charge in [0.05, 0.1) is 12.7 Å². The van der Waals surface area contributed by atoms with Gasteiger partial charge in [-0.25, -0.2) is 0 Å². The molecule has 3 aliphatic heterocycles. The fraction of sp³-hybridized carbons (Fsp3) is 0.750. The second-order valence-corrected chi connectivity index (χ2v) is 5.31. The molecule has 0 aliphatic carbocycles. The van der Waals surface area contributed by atoms with E-state index in [1.54, 1.807) is 6.92 Å². The summed E-state index contributed by atoms with van der Waals surface area (Å²) < 4.78 is 10.8. The molecule has 0 aromatic carbocycles. The van der Waals surface area contributed by atoms with Crippen molar-refractivity contribution >= 4 is 17.5 Å². The van der Waals surface area contributed by atoms with Crippen LogP contribution < -0.4 is 0 Å². The molecule has 5 nitrogen and oxygen atoms in total. The smallest absolute Gasteiger partial charge is 0.315 e. The van der Waals surface area contributed by atoms with Crippen LogP contribution in [0.4, 0.5) is 0 Å². The van der Waals surface area contributed by atoms with Crippen molar-refractivity contribution < 1.29 is 23.9 Å². The number of rotatable bonds is 2. The third-order valence-electron chi connectivity index (χ3n) is 4.67. The molecule has 17 heavy (non-hydrogen) atoms. The summed E-state index contributed by atoms with van der Waals surface area (Å²) in [6.45, 7) is 3.23. The maximum absolute atomic E-state index is 12.1. The number of ether oxygens (including phenoxy) is 2. The third-order valence-corrected chi connectivity index (χ3v) is 4.67. The summed E-state index contributed by atoms with van der Waals surface area (Å²) in [7, 11) is 0. The van der Waals surface area contributed by atoms with Crippen molar-refractivity contribution in [1.82, 2.24) is 0 Å². The Bertz CT molecular complexity index is 442. The molecule has 3 saturated heterocycles. The van der Waals surface area contributed by atoms with Crippen LogP contribution in [0.2, 0.25) is 0 Å². The Hall–Kier alpha value is -1.23. The molecule has 3 rings (SSSR count). The van der Waals surface area contributed by atoms with Gasteiger partial charge in [0, 0.05) is 12.8 Å². The second kappa shape index (κ2) is 2.96. The van der Waals surface area contributed by atoms with E-state index in [1.165, 1.54) is 6.92 Å². The molecule has 0 saturated carbocycles. The van der Waals surface area contributed by atoms with Gasteiger partial charge in [0.15, 0.2) is 11.4 Å². The van der Waals surface area contributed by atoms with Crippen molar-refractivity contribution in [3.05, 3.63) is 0 Å². The predicted octanol–water partition coefficient (Wildman–Crippen LogP) is 0.255. The van der Waals surface area contributed by atoms with Gasteiger partial charge in [-0.1, -0.05) is 0 Å². The Balaban J connectivity index is 2.13. The first kappa shape index (κ1) is 10.9. The lowest BCUT2D eigenvalue weighted by molar-refractivity contribution is -0.166. The van der Waals surface area contributed by atoms with Gasteiger partial charge in [-0.2, -0.15) is 0 Å². The van der Waals surface area contributed by atoms with E-state index in [9.17, 15) is 14.4 Å². The lowest BCUT2D eigenvalue weighted by atomic mass is 9.60. The molecule has 3 heterocycles. The molecule has 0 N–H and O–H groups in total. The first-order valence-corrected chi connectivity index (χ1v) is 5.84. The number of carbonyl (C=O) groups is 3. The lowest BCUT2D eigenvalue weighted by Crippen LogP contribution is -2.56. The molecule has 0 amide bonds. The van der Waals surface area contributed by atoms with E-state index >= 15 is 0 Å². The van der Waals surface area contributed by atoms with E-state index in [1.807, 2.05) is 0 Å². The highest BCUT2D eigenvalue weighted by Gasteiger charge is 2.76. The highest BCUT2D eigenvalue weighted by atomic mass is 16.6. The van der Waals surface area contributed by atoms with Gasteiger partial charge in [-0.15, -0.1) is 0 Å². The van der Waals surface area contributed by atoms with Gasteiger partial charge in [0.2, 0.25) is 5.78 Å². The molecular weight excluding hydrogens is 224 g/mol. The summed E-state index contributed by atoms with van der Waals surface area (Å²) in [6.07, 6.45) is 1.03. The van der Waals surface area contributed by atoms with Crippen LogP contribution in [0.3, 0.4) is 0 Å². The van der Waals surface area contributed by atoms with Crippen LogP contribution in [0.5, 0.6) is 0 Å². The number of Topliss-reactive ketones (excluding diaryl/α,β-unsaturated/α-hetero) is 2. The van der Waals surface area contributed by atoms with Gasteiger partial charge < -0.3 is 9.47 Å². The Kier molecular flexibility index (Phi) is 1.90. The standard InChI is InChI=1S/C12H14O5/c1-6(13)9(14)12-4-3-8(17-12)7-5-16-10(15)11(7,12)2/h7-8H,3-5H2,1-2H3/t7-,8-,11-,12-/m0/s1. The minimum atomic E-state index is -1.26. The average molecular weight is 238 g/mol. The van der Waals surface area contributed by atoms with Crippen molar-refractivity contribution in [2.45, 2.75) is 38.4 Å². The molecule has 0 unspecified atom stereocenters. The summed E-state index contributed by atoms with van der Waals surface area (Å²) >= 11 is 0. The van der Waals surface area contributed by atoms with Crippen molar-refractivity contribution in [3.63, 3.8) is 0 Å². The summed E-state index contributed by atoms with van der Waals surface area (Å²) in [5.74, 6) is -1.62. The largest absolute Gasteiger partial charge is 0.465 e. The van der Waals surface area contributed by atoms with E-state index < -0.39 is 28.6 Å². The Morgan fingerprint density at radius 2 is 2.12 bits per heavy atom. The highest BCUT2D eigenvalue weighted by Crippen LogP contribution is 2.62. The number of hydrogen-bond acceptors (Lipinski definition) is 5. The van der Waals surface area contributed by atoms with Crippen LogP contribution in [0, 0.1) is 11.3 Å². The predicted molar refractivity (Wildman–Crippen MR) is 55.1 cm³/mol. The van der Waals surface area contributed by atoms with E-state index in [0.29, 0.717) is 13.0 Å². The van der Waals surface area contributed by atoms with Crippen molar-refractivity contribution in [3.8, 4) is 0 Å². The molecular formula is C12H14O5. The molecule has 4 atom stereocenters. The van der Waals surface area contributed by atoms with Gasteiger partial charge in [-0.3, -0.25) is 14.4 Å². The fourth-order valence-electron chi connectivity index (χ4n) is 3.65. The summed E-state index contributed by atoms with van der Waals surface area (Å²) in [5, 5.41) is 0. The minimum Gasteiger partial charge on any atom is -0.465 e.